The molecule has 4 rings (SSSR count). The van der Waals surface area contributed by atoms with Crippen molar-refractivity contribution in [1.29, 1.82) is 0 Å². The van der Waals surface area contributed by atoms with Gasteiger partial charge in [-0.05, 0) is 49.3 Å². The molecule has 0 radical (unpaired) electrons. The molecule has 2 heterocycles. The standard InChI is InChI=1S/C22H33FN4O/c1-2-24-21(27-10-9-22(17-27)7-3-4-8-22)25-16-18-5-6-20(19(23)15-18)26-11-13-28-14-12-26/h5-6,15H,2-4,7-14,16-17H2,1H3,(H,24,25). The van der Waals surface area contributed by atoms with Crippen molar-refractivity contribution >= 4 is 11.6 Å². The van der Waals surface area contributed by atoms with Crippen molar-refractivity contribution in [3.63, 3.8) is 0 Å². The van der Waals surface area contributed by atoms with Gasteiger partial charge in [-0.15, -0.1) is 0 Å². The molecule has 3 aliphatic rings. The number of likely N-dealkylation sites (tertiary alicyclic amines) is 1. The Morgan fingerprint density at radius 1 is 1.18 bits per heavy atom. The number of hydrogen-bond acceptors (Lipinski definition) is 3. The number of hydrogen-bond donors (Lipinski definition) is 1. The lowest BCUT2D eigenvalue weighted by Gasteiger charge is -2.29. The van der Waals surface area contributed by atoms with E-state index in [-0.39, 0.29) is 5.82 Å². The Bertz CT molecular complexity index is 696. The molecule has 1 saturated carbocycles. The third-order valence-corrected chi connectivity index (χ3v) is 6.51. The first-order valence-electron chi connectivity index (χ1n) is 10.8. The topological polar surface area (TPSA) is 40.1 Å². The van der Waals surface area contributed by atoms with Crippen LogP contribution in [0, 0.1) is 11.2 Å². The van der Waals surface area contributed by atoms with Gasteiger partial charge in [0.15, 0.2) is 5.96 Å². The molecule has 2 saturated heterocycles. The monoisotopic (exact) mass is 388 g/mol. The molecule has 0 unspecified atom stereocenters. The lowest BCUT2D eigenvalue weighted by Crippen LogP contribution is -2.41. The fourth-order valence-electron chi connectivity index (χ4n) is 4.95. The van der Waals surface area contributed by atoms with Crippen LogP contribution in [0.2, 0.25) is 0 Å². The molecule has 0 amide bonds. The first-order valence-corrected chi connectivity index (χ1v) is 10.8. The number of rotatable bonds is 4. The van der Waals surface area contributed by atoms with Gasteiger partial charge in [0.05, 0.1) is 25.4 Å². The number of guanidine groups is 1. The minimum Gasteiger partial charge on any atom is -0.378 e. The van der Waals surface area contributed by atoms with E-state index in [4.69, 9.17) is 9.73 Å². The van der Waals surface area contributed by atoms with E-state index in [1.54, 1.807) is 6.07 Å². The van der Waals surface area contributed by atoms with Crippen LogP contribution in [0.15, 0.2) is 23.2 Å². The molecule has 0 aromatic heterocycles. The first-order chi connectivity index (χ1) is 13.7. The summed E-state index contributed by atoms with van der Waals surface area (Å²) in [4.78, 5) is 9.30. The molecule has 1 aromatic carbocycles. The number of nitrogens with one attached hydrogen (secondary N) is 1. The van der Waals surface area contributed by atoms with Crippen LogP contribution in [0.4, 0.5) is 10.1 Å². The lowest BCUT2D eigenvalue weighted by atomic mass is 9.86. The lowest BCUT2D eigenvalue weighted by molar-refractivity contribution is 0.122. The molecule has 154 valence electrons. The molecule has 1 spiro atoms. The minimum atomic E-state index is -0.161. The molecule has 6 heteroatoms. The second-order valence-corrected chi connectivity index (χ2v) is 8.43. The van der Waals surface area contributed by atoms with E-state index in [9.17, 15) is 4.39 Å². The van der Waals surface area contributed by atoms with Crippen molar-refractivity contribution in [2.24, 2.45) is 10.4 Å². The predicted molar refractivity (Wildman–Crippen MR) is 111 cm³/mol. The summed E-state index contributed by atoms with van der Waals surface area (Å²) in [7, 11) is 0. The van der Waals surface area contributed by atoms with Crippen molar-refractivity contribution < 1.29 is 9.13 Å². The second kappa shape index (κ2) is 8.68. The molecular weight excluding hydrogens is 355 g/mol. The zero-order chi connectivity index (χ0) is 19.4. The van der Waals surface area contributed by atoms with E-state index >= 15 is 0 Å². The van der Waals surface area contributed by atoms with Crippen molar-refractivity contribution in [1.82, 2.24) is 10.2 Å². The summed E-state index contributed by atoms with van der Waals surface area (Å²) in [6.07, 6.45) is 6.74. The third kappa shape index (κ3) is 4.27. The second-order valence-electron chi connectivity index (χ2n) is 8.43. The van der Waals surface area contributed by atoms with E-state index in [0.29, 0.717) is 30.9 Å². The number of halogens is 1. The quantitative estimate of drug-likeness (QED) is 0.634. The van der Waals surface area contributed by atoms with Gasteiger partial charge in [0.25, 0.3) is 0 Å². The van der Waals surface area contributed by atoms with E-state index in [1.807, 2.05) is 12.1 Å². The number of nitrogens with zero attached hydrogens (tertiary/aromatic N) is 3. The Hall–Kier alpha value is -1.82. The van der Waals surface area contributed by atoms with Gasteiger partial charge in [-0.3, -0.25) is 0 Å². The van der Waals surface area contributed by atoms with Crippen LogP contribution in [0.3, 0.4) is 0 Å². The molecule has 2 aliphatic heterocycles. The Kier molecular flexibility index (Phi) is 6.04. The summed E-state index contributed by atoms with van der Waals surface area (Å²) in [5.74, 6) is 0.814. The van der Waals surface area contributed by atoms with Crippen LogP contribution in [0.25, 0.3) is 0 Å². The highest BCUT2D eigenvalue weighted by atomic mass is 19.1. The van der Waals surface area contributed by atoms with Crippen molar-refractivity contribution in [3.05, 3.63) is 29.6 Å². The van der Waals surface area contributed by atoms with Gasteiger partial charge in [0.1, 0.15) is 5.82 Å². The number of anilines is 1. The largest absolute Gasteiger partial charge is 0.378 e. The summed E-state index contributed by atoms with van der Waals surface area (Å²) >= 11 is 0. The maximum atomic E-state index is 14.7. The SMILES string of the molecule is CCNC(=NCc1ccc(N2CCOCC2)c(F)c1)N1CCC2(CCCC2)C1. The maximum absolute atomic E-state index is 14.7. The molecule has 1 aromatic rings. The fraction of sp³-hybridized carbons (Fsp3) is 0.682. The summed E-state index contributed by atoms with van der Waals surface area (Å²) in [5.41, 5.74) is 2.10. The summed E-state index contributed by atoms with van der Waals surface area (Å²) in [6, 6.07) is 5.53. The minimum absolute atomic E-state index is 0.161. The molecule has 1 aliphatic carbocycles. The van der Waals surface area contributed by atoms with Gasteiger partial charge in [0, 0.05) is 32.7 Å². The summed E-state index contributed by atoms with van der Waals surface area (Å²) < 4.78 is 20.0. The number of aliphatic imine (C=N–C) groups is 1. The van der Waals surface area contributed by atoms with Gasteiger partial charge in [-0.2, -0.15) is 0 Å². The van der Waals surface area contributed by atoms with Crippen LogP contribution >= 0.6 is 0 Å². The third-order valence-electron chi connectivity index (χ3n) is 6.51. The van der Waals surface area contributed by atoms with Gasteiger partial charge >= 0.3 is 0 Å². The summed E-state index contributed by atoms with van der Waals surface area (Å²) in [6.45, 7) is 8.47. The van der Waals surface area contributed by atoms with Crippen molar-refractivity contribution in [3.8, 4) is 0 Å². The Labute approximate surface area is 167 Å². The van der Waals surface area contributed by atoms with Crippen molar-refractivity contribution in [2.75, 3.05) is 50.8 Å². The Morgan fingerprint density at radius 3 is 2.68 bits per heavy atom. The average molecular weight is 389 g/mol. The van der Waals surface area contributed by atoms with Gasteiger partial charge in [0.2, 0.25) is 0 Å². The first kappa shape index (κ1) is 19.5. The normalized spacial score (nSPS) is 22.3. The van der Waals surface area contributed by atoms with E-state index in [2.05, 4.69) is 22.0 Å². The van der Waals surface area contributed by atoms with Crippen LogP contribution in [-0.2, 0) is 11.3 Å². The molecular formula is C22H33FN4O. The van der Waals surface area contributed by atoms with Gasteiger partial charge in [-0.25, -0.2) is 9.38 Å². The van der Waals surface area contributed by atoms with Gasteiger partial charge in [-0.1, -0.05) is 18.9 Å². The van der Waals surface area contributed by atoms with E-state index < -0.39 is 0 Å². The number of ether oxygens (including phenoxy) is 1. The zero-order valence-corrected chi connectivity index (χ0v) is 17.1. The highest BCUT2D eigenvalue weighted by molar-refractivity contribution is 5.80. The molecule has 1 N–H and O–H groups in total. The molecule has 0 atom stereocenters. The van der Waals surface area contributed by atoms with E-state index in [0.717, 1.165) is 44.2 Å². The van der Waals surface area contributed by atoms with Crippen LogP contribution in [-0.4, -0.2) is 56.8 Å². The van der Waals surface area contributed by atoms with E-state index in [1.165, 1.54) is 32.1 Å². The van der Waals surface area contributed by atoms with Crippen LogP contribution in [0.5, 0.6) is 0 Å². The predicted octanol–water partition coefficient (Wildman–Crippen LogP) is 3.39. The Morgan fingerprint density at radius 2 is 1.96 bits per heavy atom. The smallest absolute Gasteiger partial charge is 0.194 e. The van der Waals surface area contributed by atoms with Crippen LogP contribution < -0.4 is 10.2 Å². The highest BCUT2D eigenvalue weighted by Crippen LogP contribution is 2.45. The molecule has 3 fully saturated rings. The Balaban J connectivity index is 1.42. The zero-order valence-electron chi connectivity index (χ0n) is 17.1. The summed E-state index contributed by atoms with van der Waals surface area (Å²) in [5, 5.41) is 3.44. The van der Waals surface area contributed by atoms with Crippen molar-refractivity contribution in [2.45, 2.75) is 45.6 Å². The highest BCUT2D eigenvalue weighted by Gasteiger charge is 2.41. The number of morpholine rings is 1. The molecule has 5 nitrogen and oxygen atoms in total. The van der Waals surface area contributed by atoms with Gasteiger partial charge < -0.3 is 19.9 Å². The van der Waals surface area contributed by atoms with Crippen LogP contribution in [0.1, 0.15) is 44.6 Å². The molecule has 28 heavy (non-hydrogen) atoms. The average Bonchev–Trinajstić information content (AvgIpc) is 3.36. The molecule has 0 bridgehead atoms. The maximum Gasteiger partial charge on any atom is 0.194 e. The fourth-order valence-corrected chi connectivity index (χ4v) is 4.95. The number of benzene rings is 1.